The monoisotopic (exact) mass is 489 g/mol. The highest BCUT2D eigenvalue weighted by Gasteiger charge is 2.24. The number of carbonyl (C=O) groups is 2. The van der Waals surface area contributed by atoms with Gasteiger partial charge in [0.2, 0.25) is 11.9 Å². The lowest BCUT2D eigenvalue weighted by atomic mass is 10.1. The van der Waals surface area contributed by atoms with Crippen molar-refractivity contribution in [2.75, 3.05) is 35.7 Å². The van der Waals surface area contributed by atoms with Gasteiger partial charge in [-0.05, 0) is 51.3 Å². The minimum Gasteiger partial charge on any atom is -0.467 e. The van der Waals surface area contributed by atoms with Crippen LogP contribution in [0.2, 0.25) is 0 Å². The van der Waals surface area contributed by atoms with E-state index in [1.807, 2.05) is 30.5 Å². The summed E-state index contributed by atoms with van der Waals surface area (Å²) in [6.45, 7) is 8.19. The predicted octanol–water partition coefficient (Wildman–Crippen LogP) is 4.11. The molecule has 3 aromatic rings. The summed E-state index contributed by atoms with van der Waals surface area (Å²) in [7, 11) is 0. The molecule has 3 aromatic heterocycles. The Kier molecular flexibility index (Phi) is 7.39. The Morgan fingerprint density at radius 1 is 1.27 bits per heavy atom. The van der Waals surface area contributed by atoms with E-state index in [9.17, 15) is 9.59 Å². The van der Waals surface area contributed by atoms with Crippen molar-refractivity contribution >= 4 is 45.9 Å². The first-order valence-corrected chi connectivity index (χ1v) is 12.7. The fraction of sp³-hybridized carbons (Fsp3) is 0.455. The van der Waals surface area contributed by atoms with Gasteiger partial charge in [-0.1, -0.05) is 11.8 Å². The Labute approximate surface area is 200 Å². The van der Waals surface area contributed by atoms with Crippen LogP contribution in [0.25, 0.3) is 0 Å². The van der Waals surface area contributed by atoms with E-state index in [0.29, 0.717) is 22.3 Å². The first-order valence-electron chi connectivity index (χ1n) is 10.9. The van der Waals surface area contributed by atoms with E-state index in [-0.39, 0.29) is 18.3 Å². The van der Waals surface area contributed by atoms with Crippen molar-refractivity contribution in [3.8, 4) is 0 Å². The zero-order valence-corrected chi connectivity index (χ0v) is 20.6. The van der Waals surface area contributed by atoms with Crippen LogP contribution in [0, 0.1) is 13.8 Å². The molecule has 11 heteroatoms. The average molecular weight is 490 g/mol. The van der Waals surface area contributed by atoms with E-state index in [1.54, 1.807) is 13.2 Å². The lowest BCUT2D eigenvalue weighted by molar-refractivity contribution is -0.113. The van der Waals surface area contributed by atoms with Gasteiger partial charge in [-0.25, -0.2) is 4.79 Å². The van der Waals surface area contributed by atoms with Gasteiger partial charge in [0.05, 0.1) is 30.7 Å². The van der Waals surface area contributed by atoms with E-state index >= 15 is 0 Å². The average Bonchev–Trinajstić information content (AvgIpc) is 3.57. The number of thiophene rings is 1. The number of anilines is 2. The van der Waals surface area contributed by atoms with Gasteiger partial charge in [-0.2, -0.15) is 0 Å². The van der Waals surface area contributed by atoms with Gasteiger partial charge in [0, 0.05) is 18.0 Å². The number of hydrogen-bond donors (Lipinski definition) is 1. The molecule has 33 heavy (non-hydrogen) atoms. The van der Waals surface area contributed by atoms with Crippen molar-refractivity contribution in [1.82, 2.24) is 14.8 Å². The van der Waals surface area contributed by atoms with Gasteiger partial charge in [0.25, 0.3) is 0 Å². The van der Waals surface area contributed by atoms with E-state index in [1.165, 1.54) is 23.1 Å². The van der Waals surface area contributed by atoms with Gasteiger partial charge in [0.1, 0.15) is 10.8 Å². The fourth-order valence-corrected chi connectivity index (χ4v) is 5.49. The fourth-order valence-electron chi connectivity index (χ4n) is 3.69. The number of nitrogens with one attached hydrogen (secondary N) is 1. The standard InChI is InChI=1S/C22H27N5O4S2/c1-4-30-20(29)18-14(2)15(3)33-19(18)23-17(28)13-32-22-25-24-21(26-9-5-6-10-26)27(22)12-16-8-7-11-31-16/h7-8,11H,4-6,9-10,12-13H2,1-3H3,(H,23,28). The number of aryl methyl sites for hydroxylation is 1. The first kappa shape index (κ1) is 23.4. The maximum Gasteiger partial charge on any atom is 0.341 e. The highest BCUT2D eigenvalue weighted by molar-refractivity contribution is 7.99. The summed E-state index contributed by atoms with van der Waals surface area (Å²) < 4.78 is 12.7. The number of aromatic nitrogens is 3. The summed E-state index contributed by atoms with van der Waals surface area (Å²) in [5.74, 6) is 1.08. The molecule has 9 nitrogen and oxygen atoms in total. The molecule has 1 aliphatic rings. The maximum atomic E-state index is 12.8. The smallest absolute Gasteiger partial charge is 0.341 e. The summed E-state index contributed by atoms with van der Waals surface area (Å²) in [5, 5.41) is 12.8. The van der Waals surface area contributed by atoms with Gasteiger partial charge in [-0.15, -0.1) is 21.5 Å². The molecule has 176 valence electrons. The SMILES string of the molecule is CCOC(=O)c1c(NC(=O)CSc2nnc(N3CCCC3)n2Cc2ccco2)sc(C)c1C. The molecule has 0 spiro atoms. The highest BCUT2D eigenvalue weighted by atomic mass is 32.2. The van der Waals surface area contributed by atoms with Gasteiger partial charge in [0.15, 0.2) is 5.16 Å². The second kappa shape index (κ2) is 10.4. The third kappa shape index (κ3) is 5.25. The van der Waals surface area contributed by atoms with Crippen LogP contribution in [0.15, 0.2) is 28.0 Å². The molecule has 1 N–H and O–H groups in total. The third-order valence-electron chi connectivity index (χ3n) is 5.43. The zero-order valence-electron chi connectivity index (χ0n) is 18.9. The molecule has 1 saturated heterocycles. The van der Waals surface area contributed by atoms with Crippen molar-refractivity contribution in [1.29, 1.82) is 0 Å². The lowest BCUT2D eigenvalue weighted by Crippen LogP contribution is -2.23. The molecule has 0 radical (unpaired) electrons. The Balaban J connectivity index is 1.48. The molecule has 4 heterocycles. The molecule has 0 bridgehead atoms. The van der Waals surface area contributed by atoms with Crippen LogP contribution < -0.4 is 10.2 Å². The van der Waals surface area contributed by atoms with Crippen LogP contribution >= 0.6 is 23.1 Å². The van der Waals surface area contributed by atoms with Crippen LogP contribution in [0.4, 0.5) is 10.9 Å². The summed E-state index contributed by atoms with van der Waals surface area (Å²) in [6, 6.07) is 3.76. The minimum absolute atomic E-state index is 0.133. The Bertz CT molecular complexity index is 1120. The number of thioether (sulfide) groups is 1. The summed E-state index contributed by atoms with van der Waals surface area (Å²) in [5.41, 5.74) is 1.25. The molecule has 4 rings (SSSR count). The molecule has 1 fully saturated rings. The Morgan fingerprint density at radius 2 is 2.06 bits per heavy atom. The van der Waals surface area contributed by atoms with Crippen LogP contribution in [-0.4, -0.2) is 52.1 Å². The van der Waals surface area contributed by atoms with Crippen molar-refractivity contribution in [3.05, 3.63) is 40.2 Å². The molecule has 1 aliphatic heterocycles. The quantitative estimate of drug-likeness (QED) is 0.354. The van der Waals surface area contributed by atoms with Crippen LogP contribution in [0.3, 0.4) is 0 Å². The molecule has 0 aliphatic carbocycles. The number of carbonyl (C=O) groups excluding carboxylic acids is 2. The van der Waals surface area contributed by atoms with Crippen molar-refractivity contribution in [2.45, 2.75) is 45.3 Å². The van der Waals surface area contributed by atoms with E-state index < -0.39 is 5.97 Å². The van der Waals surface area contributed by atoms with Crippen molar-refractivity contribution < 1.29 is 18.7 Å². The van der Waals surface area contributed by atoms with Gasteiger partial charge < -0.3 is 19.4 Å². The van der Waals surface area contributed by atoms with Gasteiger partial charge in [-0.3, -0.25) is 9.36 Å². The molecule has 0 saturated carbocycles. The summed E-state index contributed by atoms with van der Waals surface area (Å²) in [6.07, 6.45) is 3.89. The largest absolute Gasteiger partial charge is 0.467 e. The zero-order chi connectivity index (χ0) is 23.4. The van der Waals surface area contributed by atoms with E-state index in [0.717, 1.165) is 48.1 Å². The van der Waals surface area contributed by atoms with Crippen LogP contribution in [-0.2, 0) is 16.1 Å². The highest BCUT2D eigenvalue weighted by Crippen LogP contribution is 2.33. The number of furan rings is 1. The number of rotatable bonds is 9. The minimum atomic E-state index is -0.421. The lowest BCUT2D eigenvalue weighted by Gasteiger charge is -2.17. The second-order valence-corrected chi connectivity index (χ2v) is 9.85. The number of esters is 1. The molecular weight excluding hydrogens is 462 g/mol. The first-order chi connectivity index (χ1) is 16.0. The normalized spacial score (nSPS) is 13.5. The molecular formula is C22H27N5O4S2. The molecule has 0 aromatic carbocycles. The molecule has 0 unspecified atom stereocenters. The topological polar surface area (TPSA) is 102 Å². The van der Waals surface area contributed by atoms with E-state index in [2.05, 4.69) is 20.4 Å². The Hall–Kier alpha value is -2.79. The van der Waals surface area contributed by atoms with Gasteiger partial charge >= 0.3 is 5.97 Å². The third-order valence-corrected chi connectivity index (χ3v) is 7.52. The number of amides is 1. The second-order valence-electron chi connectivity index (χ2n) is 7.69. The summed E-state index contributed by atoms with van der Waals surface area (Å²) in [4.78, 5) is 28.3. The summed E-state index contributed by atoms with van der Waals surface area (Å²) >= 11 is 2.69. The van der Waals surface area contributed by atoms with E-state index in [4.69, 9.17) is 9.15 Å². The Morgan fingerprint density at radius 3 is 2.76 bits per heavy atom. The number of nitrogens with zero attached hydrogens (tertiary/aromatic N) is 4. The predicted molar refractivity (Wildman–Crippen MR) is 128 cm³/mol. The number of ether oxygens (including phenoxy) is 1. The van der Waals surface area contributed by atoms with Crippen molar-refractivity contribution in [2.24, 2.45) is 0 Å². The molecule has 0 atom stereocenters. The maximum absolute atomic E-state index is 12.8. The van der Waals surface area contributed by atoms with Crippen LogP contribution in [0.5, 0.6) is 0 Å². The van der Waals surface area contributed by atoms with Crippen LogP contribution in [0.1, 0.15) is 46.3 Å². The number of hydrogen-bond acceptors (Lipinski definition) is 9. The van der Waals surface area contributed by atoms with Crippen molar-refractivity contribution in [3.63, 3.8) is 0 Å². The molecule has 1 amide bonds.